The lowest BCUT2D eigenvalue weighted by molar-refractivity contribution is 0.606. The minimum Gasteiger partial charge on any atom is -0.331 e. The van der Waals surface area contributed by atoms with E-state index in [0.29, 0.717) is 0 Å². The number of aromatic nitrogens is 2. The van der Waals surface area contributed by atoms with Gasteiger partial charge in [-0.15, -0.1) is 0 Å². The number of hydrogen-bond acceptors (Lipinski definition) is 2. The maximum Gasteiger partial charge on any atom is 0.109 e. The summed E-state index contributed by atoms with van der Waals surface area (Å²) in [4.78, 5) is 4.68. The van der Waals surface area contributed by atoms with Crippen LogP contribution in [0.1, 0.15) is 32.0 Å². The van der Waals surface area contributed by atoms with Gasteiger partial charge in [-0.1, -0.05) is 25.5 Å². The first-order valence-electron chi connectivity index (χ1n) is 6.94. The van der Waals surface area contributed by atoms with E-state index in [1.54, 1.807) is 0 Å². The monoisotopic (exact) mass is 245 g/mol. The number of para-hydroxylation sites is 2. The molecule has 0 unspecified atom stereocenters. The summed E-state index contributed by atoms with van der Waals surface area (Å²) in [6.45, 7) is 4.45. The largest absolute Gasteiger partial charge is 0.331 e. The normalized spacial score (nSPS) is 11.2. The highest BCUT2D eigenvalue weighted by atomic mass is 15.1. The maximum absolute atomic E-state index is 4.68. The Hall–Kier alpha value is -1.35. The highest BCUT2D eigenvalue weighted by molar-refractivity contribution is 5.75. The van der Waals surface area contributed by atoms with Crippen LogP contribution in [0, 0.1) is 0 Å². The molecule has 2 rings (SSSR count). The van der Waals surface area contributed by atoms with Crippen LogP contribution >= 0.6 is 0 Å². The van der Waals surface area contributed by atoms with Crippen molar-refractivity contribution in [2.24, 2.45) is 7.05 Å². The Bertz CT molecular complexity index is 487. The Balaban J connectivity index is 1.86. The van der Waals surface area contributed by atoms with Crippen molar-refractivity contribution in [3.05, 3.63) is 30.1 Å². The lowest BCUT2D eigenvalue weighted by Crippen LogP contribution is -2.17. The predicted octanol–water partition coefficient (Wildman–Crippen LogP) is 2.90. The van der Waals surface area contributed by atoms with Gasteiger partial charge in [0.1, 0.15) is 5.82 Å². The van der Waals surface area contributed by atoms with E-state index in [-0.39, 0.29) is 0 Å². The van der Waals surface area contributed by atoms with Crippen LogP contribution in [-0.2, 0) is 13.5 Å². The molecule has 1 N–H and O–H groups in total. The van der Waals surface area contributed by atoms with Crippen molar-refractivity contribution in [3.63, 3.8) is 0 Å². The zero-order chi connectivity index (χ0) is 12.8. The SMILES string of the molecule is CCCCNCCCc1nc2ccccc2n1C. The molecule has 18 heavy (non-hydrogen) atoms. The van der Waals surface area contributed by atoms with E-state index in [1.807, 2.05) is 6.07 Å². The van der Waals surface area contributed by atoms with Gasteiger partial charge in [0.15, 0.2) is 0 Å². The lowest BCUT2D eigenvalue weighted by atomic mass is 10.3. The van der Waals surface area contributed by atoms with Crippen molar-refractivity contribution in [1.82, 2.24) is 14.9 Å². The van der Waals surface area contributed by atoms with E-state index in [4.69, 9.17) is 0 Å². The second-order valence-corrected chi connectivity index (χ2v) is 4.78. The van der Waals surface area contributed by atoms with Crippen molar-refractivity contribution in [3.8, 4) is 0 Å². The van der Waals surface area contributed by atoms with Crippen LogP contribution in [0.4, 0.5) is 0 Å². The topological polar surface area (TPSA) is 29.9 Å². The molecule has 1 aromatic carbocycles. The molecule has 1 aromatic heterocycles. The van der Waals surface area contributed by atoms with E-state index in [0.717, 1.165) is 31.4 Å². The summed E-state index contributed by atoms with van der Waals surface area (Å²) in [5.41, 5.74) is 2.33. The number of benzene rings is 1. The molecular weight excluding hydrogens is 222 g/mol. The third-order valence-electron chi connectivity index (χ3n) is 3.34. The van der Waals surface area contributed by atoms with E-state index in [9.17, 15) is 0 Å². The fourth-order valence-corrected chi connectivity index (χ4v) is 2.22. The molecule has 0 saturated carbocycles. The molecule has 1 heterocycles. The molecule has 98 valence electrons. The van der Waals surface area contributed by atoms with Gasteiger partial charge < -0.3 is 9.88 Å². The molecule has 0 atom stereocenters. The van der Waals surface area contributed by atoms with Gasteiger partial charge in [0.25, 0.3) is 0 Å². The average molecular weight is 245 g/mol. The van der Waals surface area contributed by atoms with Crippen molar-refractivity contribution >= 4 is 11.0 Å². The second kappa shape index (κ2) is 6.55. The number of nitrogens with one attached hydrogen (secondary N) is 1. The molecule has 0 aliphatic heterocycles. The van der Waals surface area contributed by atoms with Crippen molar-refractivity contribution in [1.29, 1.82) is 0 Å². The Morgan fingerprint density at radius 2 is 1.94 bits per heavy atom. The van der Waals surface area contributed by atoms with Crippen LogP contribution in [0.2, 0.25) is 0 Å². The van der Waals surface area contributed by atoms with E-state index in [2.05, 4.69) is 47.0 Å². The Morgan fingerprint density at radius 3 is 2.72 bits per heavy atom. The fourth-order valence-electron chi connectivity index (χ4n) is 2.22. The predicted molar refractivity (Wildman–Crippen MR) is 76.8 cm³/mol. The maximum atomic E-state index is 4.68. The molecule has 3 heteroatoms. The van der Waals surface area contributed by atoms with Gasteiger partial charge in [-0.25, -0.2) is 4.98 Å². The summed E-state index contributed by atoms with van der Waals surface area (Å²) in [5.74, 6) is 1.19. The van der Waals surface area contributed by atoms with Gasteiger partial charge in [0, 0.05) is 13.5 Å². The van der Waals surface area contributed by atoms with Gasteiger partial charge in [0.05, 0.1) is 11.0 Å². The molecule has 0 saturated heterocycles. The fraction of sp³-hybridized carbons (Fsp3) is 0.533. The second-order valence-electron chi connectivity index (χ2n) is 4.78. The van der Waals surface area contributed by atoms with Crippen molar-refractivity contribution in [2.45, 2.75) is 32.6 Å². The molecule has 0 spiro atoms. The van der Waals surface area contributed by atoms with E-state index in [1.165, 1.54) is 24.2 Å². The summed E-state index contributed by atoms with van der Waals surface area (Å²) in [6.07, 6.45) is 4.73. The zero-order valence-corrected chi connectivity index (χ0v) is 11.4. The molecule has 0 amide bonds. The number of rotatable bonds is 7. The van der Waals surface area contributed by atoms with Crippen LogP contribution in [0.5, 0.6) is 0 Å². The third-order valence-corrected chi connectivity index (χ3v) is 3.34. The summed E-state index contributed by atoms with van der Waals surface area (Å²) >= 11 is 0. The van der Waals surface area contributed by atoms with Crippen LogP contribution in [-0.4, -0.2) is 22.6 Å². The minimum absolute atomic E-state index is 1.05. The van der Waals surface area contributed by atoms with Crippen LogP contribution in [0.25, 0.3) is 11.0 Å². The molecule has 2 aromatic rings. The number of unbranched alkanes of at least 4 members (excludes halogenated alkanes) is 1. The van der Waals surface area contributed by atoms with Gasteiger partial charge in [-0.3, -0.25) is 0 Å². The summed E-state index contributed by atoms with van der Waals surface area (Å²) in [6, 6.07) is 8.33. The standard InChI is InChI=1S/C15H23N3/c1-3-4-11-16-12-7-10-15-17-13-8-5-6-9-14(13)18(15)2/h5-6,8-9,16H,3-4,7,10-12H2,1-2H3. The molecule has 3 nitrogen and oxygen atoms in total. The number of fused-ring (bicyclic) bond motifs is 1. The Labute approximate surface area is 109 Å². The number of imidazole rings is 1. The quantitative estimate of drug-likeness (QED) is 0.760. The van der Waals surface area contributed by atoms with Crippen LogP contribution < -0.4 is 5.32 Å². The van der Waals surface area contributed by atoms with Gasteiger partial charge >= 0.3 is 0 Å². The van der Waals surface area contributed by atoms with Gasteiger partial charge in [-0.05, 0) is 38.1 Å². The molecule has 0 radical (unpaired) electrons. The summed E-state index contributed by atoms with van der Waals surface area (Å²) in [5, 5.41) is 3.47. The Morgan fingerprint density at radius 1 is 1.17 bits per heavy atom. The molecule has 0 fully saturated rings. The summed E-state index contributed by atoms with van der Waals surface area (Å²) in [7, 11) is 2.11. The Kier molecular flexibility index (Phi) is 4.76. The van der Waals surface area contributed by atoms with E-state index < -0.39 is 0 Å². The first-order chi connectivity index (χ1) is 8.83. The number of hydrogen-bond donors (Lipinski definition) is 1. The lowest BCUT2D eigenvalue weighted by Gasteiger charge is -2.04. The minimum atomic E-state index is 1.05. The molecule has 0 aliphatic carbocycles. The van der Waals surface area contributed by atoms with Crippen LogP contribution in [0.3, 0.4) is 0 Å². The average Bonchev–Trinajstić information content (AvgIpc) is 2.71. The number of nitrogens with zero attached hydrogens (tertiary/aromatic N) is 2. The van der Waals surface area contributed by atoms with E-state index >= 15 is 0 Å². The van der Waals surface area contributed by atoms with Crippen molar-refractivity contribution < 1.29 is 0 Å². The molecule has 0 bridgehead atoms. The van der Waals surface area contributed by atoms with Gasteiger partial charge in [0.2, 0.25) is 0 Å². The third kappa shape index (κ3) is 3.10. The van der Waals surface area contributed by atoms with Gasteiger partial charge in [-0.2, -0.15) is 0 Å². The summed E-state index contributed by atoms with van der Waals surface area (Å²) < 4.78 is 2.21. The first-order valence-corrected chi connectivity index (χ1v) is 6.94. The smallest absolute Gasteiger partial charge is 0.109 e. The van der Waals surface area contributed by atoms with Crippen LogP contribution in [0.15, 0.2) is 24.3 Å². The highest BCUT2D eigenvalue weighted by Crippen LogP contribution is 2.14. The first kappa shape index (κ1) is 13.1. The molecule has 0 aliphatic rings. The molecular formula is C15H23N3. The van der Waals surface area contributed by atoms with Crippen molar-refractivity contribution in [2.75, 3.05) is 13.1 Å². The zero-order valence-electron chi connectivity index (χ0n) is 11.4. The number of aryl methyl sites for hydroxylation is 2. The highest BCUT2D eigenvalue weighted by Gasteiger charge is 2.05.